The predicted octanol–water partition coefficient (Wildman–Crippen LogP) is 0.181. The molecule has 1 aliphatic rings. The average molecular weight is 414 g/mol. The molecule has 9 nitrogen and oxygen atoms in total. The maximum Gasteiger partial charge on any atom is 0.246 e. The second-order valence-corrected chi connectivity index (χ2v) is 6.86. The molecule has 0 saturated heterocycles. The minimum atomic E-state index is -0.456. The fourth-order valence-electron chi connectivity index (χ4n) is 2.39. The fraction of sp³-hybridized carbons (Fsp3) is 0.750. The molecule has 1 unspecified atom stereocenters. The Balaban J connectivity index is 1.79. The molecule has 0 aliphatic carbocycles. The molecular weight excluding hydrogens is 380 g/mol. The van der Waals surface area contributed by atoms with Crippen molar-refractivity contribution in [1.29, 1.82) is 0 Å². The summed E-state index contributed by atoms with van der Waals surface area (Å²) in [6.07, 6.45) is 4.37. The summed E-state index contributed by atoms with van der Waals surface area (Å²) in [6, 6.07) is -0.456. The van der Waals surface area contributed by atoms with Gasteiger partial charge in [0.15, 0.2) is 0 Å². The Kier molecular flexibility index (Phi) is 14.0. The molecule has 9 heteroatoms. The lowest BCUT2D eigenvalue weighted by Crippen LogP contribution is -2.40. The van der Waals surface area contributed by atoms with Crippen molar-refractivity contribution in [3.63, 3.8) is 0 Å². The van der Waals surface area contributed by atoms with Crippen LogP contribution in [0.25, 0.3) is 0 Å². The molecule has 1 rings (SSSR count). The van der Waals surface area contributed by atoms with Crippen molar-refractivity contribution in [1.82, 2.24) is 10.2 Å². The van der Waals surface area contributed by atoms with Crippen LogP contribution in [0.1, 0.15) is 20.3 Å². The van der Waals surface area contributed by atoms with Crippen molar-refractivity contribution in [2.24, 2.45) is 5.92 Å². The van der Waals surface area contributed by atoms with E-state index in [1.165, 1.54) is 0 Å². The molecule has 0 fully saturated rings. The van der Waals surface area contributed by atoms with Gasteiger partial charge < -0.3 is 34.0 Å². The van der Waals surface area contributed by atoms with Gasteiger partial charge in [0, 0.05) is 25.6 Å². The van der Waals surface area contributed by atoms with Gasteiger partial charge in [-0.3, -0.25) is 9.59 Å². The molecule has 29 heavy (non-hydrogen) atoms. The lowest BCUT2D eigenvalue weighted by molar-refractivity contribution is -0.125. The van der Waals surface area contributed by atoms with Crippen molar-refractivity contribution in [2.75, 3.05) is 65.9 Å². The zero-order valence-electron chi connectivity index (χ0n) is 17.5. The van der Waals surface area contributed by atoms with Crippen LogP contribution < -0.4 is 5.32 Å². The van der Waals surface area contributed by atoms with Crippen molar-refractivity contribution in [3.05, 3.63) is 12.2 Å². The van der Waals surface area contributed by atoms with Gasteiger partial charge in [-0.25, -0.2) is 0 Å². The third-order valence-electron chi connectivity index (χ3n) is 4.19. The number of ether oxygens (including phenoxy) is 4. The van der Waals surface area contributed by atoms with Gasteiger partial charge in [-0.1, -0.05) is 19.9 Å². The molecule has 166 valence electrons. The van der Waals surface area contributed by atoms with E-state index in [1.807, 2.05) is 19.9 Å². The molecule has 0 saturated carbocycles. The summed E-state index contributed by atoms with van der Waals surface area (Å²) >= 11 is 0. The highest BCUT2D eigenvalue weighted by Crippen LogP contribution is 2.00. The van der Waals surface area contributed by atoms with Crippen LogP contribution in [0.4, 0.5) is 0 Å². The summed E-state index contributed by atoms with van der Waals surface area (Å²) in [5, 5.41) is 2.66. The number of nitrogens with one attached hydrogen (secondary N) is 1. The van der Waals surface area contributed by atoms with E-state index in [1.54, 1.807) is 11.0 Å². The first-order valence-corrected chi connectivity index (χ1v) is 10.1. The molecule has 1 atom stereocenters. The average Bonchev–Trinajstić information content (AvgIpc) is 3.10. The third kappa shape index (κ3) is 12.4. The highest BCUT2D eigenvalue weighted by Gasteiger charge is 2.14. The van der Waals surface area contributed by atoms with Crippen molar-refractivity contribution in [2.45, 2.75) is 26.3 Å². The Morgan fingerprint density at radius 3 is 2.07 bits per heavy atom. The van der Waals surface area contributed by atoms with Crippen LogP contribution in [0.2, 0.25) is 0 Å². The summed E-state index contributed by atoms with van der Waals surface area (Å²) in [5.74, 6) is -0.0966. The van der Waals surface area contributed by atoms with Crippen LogP contribution in [0.3, 0.4) is 0 Å². The second kappa shape index (κ2) is 16.0. The summed E-state index contributed by atoms with van der Waals surface area (Å²) in [6.45, 7) is 8.45. The van der Waals surface area contributed by atoms with Crippen LogP contribution in [0, 0.1) is 5.92 Å². The molecule has 1 N–H and O–H groups in total. The highest BCUT2D eigenvalue weighted by molar-refractivity contribution is 5.89. The first kappa shape index (κ1) is 25.2. The van der Waals surface area contributed by atoms with E-state index in [-0.39, 0.29) is 30.8 Å². The Hall–Kier alpha value is -1.81. The number of nitrogens with zero attached hydrogens (tertiary/aromatic N) is 1. The van der Waals surface area contributed by atoms with E-state index >= 15 is 0 Å². The van der Waals surface area contributed by atoms with E-state index in [9.17, 15) is 14.4 Å². The Morgan fingerprint density at radius 1 is 1.03 bits per heavy atom. The van der Waals surface area contributed by atoms with Gasteiger partial charge in [0.1, 0.15) is 6.29 Å². The van der Waals surface area contributed by atoms with E-state index < -0.39 is 6.04 Å². The van der Waals surface area contributed by atoms with E-state index in [0.717, 1.165) is 6.29 Å². The van der Waals surface area contributed by atoms with Gasteiger partial charge in [0.2, 0.25) is 11.8 Å². The first-order chi connectivity index (χ1) is 14.0. The van der Waals surface area contributed by atoms with E-state index in [4.69, 9.17) is 18.9 Å². The normalized spacial score (nSPS) is 14.6. The van der Waals surface area contributed by atoms with Crippen LogP contribution in [0.5, 0.6) is 0 Å². The maximum atomic E-state index is 11.7. The minimum Gasteiger partial charge on any atom is -0.379 e. The largest absolute Gasteiger partial charge is 0.379 e. The summed E-state index contributed by atoms with van der Waals surface area (Å²) in [5.41, 5.74) is 0. The van der Waals surface area contributed by atoms with Gasteiger partial charge in [-0.15, -0.1) is 0 Å². The van der Waals surface area contributed by atoms with Crippen LogP contribution in [-0.4, -0.2) is 95.0 Å². The molecule has 0 aromatic heterocycles. The van der Waals surface area contributed by atoms with Gasteiger partial charge in [-0.05, 0) is 5.92 Å². The molecular formula is C20H34N2O7. The van der Waals surface area contributed by atoms with Gasteiger partial charge in [0.05, 0.1) is 58.9 Å². The molecule has 0 spiro atoms. The van der Waals surface area contributed by atoms with Crippen molar-refractivity contribution in [3.8, 4) is 0 Å². The van der Waals surface area contributed by atoms with Gasteiger partial charge in [-0.2, -0.15) is 0 Å². The predicted molar refractivity (Wildman–Crippen MR) is 106 cm³/mol. The molecule has 2 amide bonds. The van der Waals surface area contributed by atoms with Crippen molar-refractivity contribution >= 4 is 18.1 Å². The summed E-state index contributed by atoms with van der Waals surface area (Å²) in [4.78, 5) is 35.6. The Morgan fingerprint density at radius 2 is 1.59 bits per heavy atom. The van der Waals surface area contributed by atoms with Gasteiger partial charge in [0.25, 0.3) is 0 Å². The number of amides is 2. The summed E-state index contributed by atoms with van der Waals surface area (Å²) in [7, 11) is 0. The molecule has 1 aliphatic heterocycles. The monoisotopic (exact) mass is 414 g/mol. The van der Waals surface area contributed by atoms with Crippen molar-refractivity contribution < 1.29 is 33.3 Å². The Bertz CT molecular complexity index is 511. The van der Waals surface area contributed by atoms with E-state index in [2.05, 4.69) is 5.32 Å². The number of hydrogen-bond acceptors (Lipinski definition) is 7. The lowest BCUT2D eigenvalue weighted by atomic mass is 10.1. The van der Waals surface area contributed by atoms with Crippen LogP contribution in [0.15, 0.2) is 12.2 Å². The zero-order chi connectivity index (χ0) is 21.3. The maximum absolute atomic E-state index is 11.7. The molecule has 1 heterocycles. The number of hydrogen-bond donors (Lipinski definition) is 1. The summed E-state index contributed by atoms with van der Waals surface area (Å²) < 4.78 is 21.5. The zero-order valence-corrected chi connectivity index (χ0v) is 17.5. The highest BCUT2D eigenvalue weighted by atomic mass is 16.6. The number of aldehydes is 1. The SMILES string of the molecule is CC(C)C(C=O)NC(=O)CCOCCOCCOCCOCCN1CC=CC1=O. The minimum absolute atomic E-state index is 0.0342. The second-order valence-electron chi connectivity index (χ2n) is 6.86. The van der Waals surface area contributed by atoms with E-state index in [0.29, 0.717) is 59.3 Å². The quantitative estimate of drug-likeness (QED) is 0.252. The number of carbonyl (C=O) groups is 3. The molecule has 0 aromatic carbocycles. The topological polar surface area (TPSA) is 103 Å². The third-order valence-corrected chi connectivity index (χ3v) is 4.19. The molecule has 0 bridgehead atoms. The number of carbonyl (C=O) groups excluding carboxylic acids is 3. The van der Waals surface area contributed by atoms with Crippen LogP contribution in [-0.2, 0) is 33.3 Å². The Labute approximate surface area is 172 Å². The van der Waals surface area contributed by atoms with Gasteiger partial charge >= 0.3 is 0 Å². The number of rotatable bonds is 18. The molecule has 0 radical (unpaired) electrons. The standard InChI is InChI=1S/C20H34N2O7/c1-17(2)18(16-23)21-19(24)5-8-26-10-12-28-14-15-29-13-11-27-9-7-22-6-3-4-20(22)25/h3-4,16-18H,5-15H2,1-2H3,(H,21,24). The molecule has 0 aromatic rings. The van der Waals surface area contributed by atoms with Crippen LogP contribution >= 0.6 is 0 Å². The lowest BCUT2D eigenvalue weighted by Gasteiger charge is -2.16. The smallest absolute Gasteiger partial charge is 0.246 e. The fourth-order valence-corrected chi connectivity index (χ4v) is 2.39. The first-order valence-electron chi connectivity index (χ1n) is 10.1.